The fourth-order valence-electron chi connectivity index (χ4n) is 2.53. The van der Waals surface area contributed by atoms with Crippen LogP contribution in [-0.2, 0) is 6.42 Å². The van der Waals surface area contributed by atoms with Crippen molar-refractivity contribution in [3.8, 4) is 0 Å². The molecular weight excluding hydrogens is 236 g/mol. The Morgan fingerprint density at radius 1 is 1.26 bits per heavy atom. The van der Waals surface area contributed by atoms with Gasteiger partial charge in [-0.05, 0) is 55.8 Å². The summed E-state index contributed by atoms with van der Waals surface area (Å²) in [4.78, 5) is 4.57. The van der Waals surface area contributed by atoms with Crippen LogP contribution in [0.15, 0.2) is 22.6 Å². The standard InChI is InChI=1S/C16H24N2O/c1-11(2)13(8-9-17)5-7-16-18-14-10-12(3)4-6-15(14)19-16/h4,6,10-11,13H,5,7-9,17H2,1-3H3. The highest BCUT2D eigenvalue weighted by Crippen LogP contribution is 2.23. The van der Waals surface area contributed by atoms with E-state index < -0.39 is 0 Å². The lowest BCUT2D eigenvalue weighted by molar-refractivity contribution is 0.330. The molecule has 1 aromatic carbocycles. The molecule has 1 atom stereocenters. The molecule has 0 radical (unpaired) electrons. The lowest BCUT2D eigenvalue weighted by atomic mass is 9.88. The molecule has 2 aromatic rings. The largest absolute Gasteiger partial charge is 0.441 e. The predicted octanol–water partition coefficient (Wildman–Crippen LogP) is 3.69. The minimum absolute atomic E-state index is 0.654. The Morgan fingerprint density at radius 2 is 2.05 bits per heavy atom. The average molecular weight is 260 g/mol. The second-order valence-electron chi connectivity index (χ2n) is 5.70. The molecule has 19 heavy (non-hydrogen) atoms. The van der Waals surface area contributed by atoms with E-state index in [0.29, 0.717) is 11.8 Å². The maximum Gasteiger partial charge on any atom is 0.195 e. The number of rotatable bonds is 6. The fraction of sp³-hybridized carbons (Fsp3) is 0.562. The van der Waals surface area contributed by atoms with Gasteiger partial charge in [-0.15, -0.1) is 0 Å². The van der Waals surface area contributed by atoms with Crippen LogP contribution in [-0.4, -0.2) is 11.5 Å². The first-order chi connectivity index (χ1) is 9.10. The molecule has 0 saturated carbocycles. The molecule has 0 amide bonds. The predicted molar refractivity (Wildman–Crippen MR) is 79.1 cm³/mol. The van der Waals surface area contributed by atoms with Gasteiger partial charge in [-0.2, -0.15) is 0 Å². The van der Waals surface area contributed by atoms with Gasteiger partial charge in [-0.3, -0.25) is 0 Å². The van der Waals surface area contributed by atoms with Crippen LogP contribution in [0.3, 0.4) is 0 Å². The maximum absolute atomic E-state index is 5.79. The van der Waals surface area contributed by atoms with Crippen LogP contribution in [0.4, 0.5) is 0 Å². The second-order valence-corrected chi connectivity index (χ2v) is 5.70. The van der Waals surface area contributed by atoms with E-state index in [9.17, 15) is 0 Å². The molecule has 0 aliphatic rings. The zero-order valence-electron chi connectivity index (χ0n) is 12.1. The normalized spacial score (nSPS) is 13.3. The van der Waals surface area contributed by atoms with Crippen molar-refractivity contribution >= 4 is 11.1 Å². The molecule has 0 spiro atoms. The lowest BCUT2D eigenvalue weighted by Crippen LogP contribution is -2.15. The van der Waals surface area contributed by atoms with Crippen molar-refractivity contribution in [2.75, 3.05) is 6.54 Å². The number of oxazole rings is 1. The van der Waals surface area contributed by atoms with Crippen molar-refractivity contribution in [3.63, 3.8) is 0 Å². The van der Waals surface area contributed by atoms with Crippen LogP contribution in [0.2, 0.25) is 0 Å². The summed E-state index contributed by atoms with van der Waals surface area (Å²) in [6.45, 7) is 7.35. The Hall–Kier alpha value is -1.35. The van der Waals surface area contributed by atoms with Gasteiger partial charge in [0.15, 0.2) is 11.5 Å². The molecule has 1 heterocycles. The van der Waals surface area contributed by atoms with E-state index in [2.05, 4.69) is 37.9 Å². The lowest BCUT2D eigenvalue weighted by Gasteiger charge is -2.18. The van der Waals surface area contributed by atoms with Crippen molar-refractivity contribution < 1.29 is 4.42 Å². The average Bonchev–Trinajstić information content (AvgIpc) is 2.75. The van der Waals surface area contributed by atoms with Gasteiger partial charge in [0.05, 0.1) is 0 Å². The summed E-state index contributed by atoms with van der Waals surface area (Å²) in [5, 5.41) is 0. The zero-order chi connectivity index (χ0) is 13.8. The molecule has 0 fully saturated rings. The highest BCUT2D eigenvalue weighted by atomic mass is 16.3. The number of benzene rings is 1. The maximum atomic E-state index is 5.79. The van der Waals surface area contributed by atoms with E-state index in [1.54, 1.807) is 0 Å². The smallest absolute Gasteiger partial charge is 0.195 e. The van der Waals surface area contributed by atoms with Gasteiger partial charge in [0.2, 0.25) is 0 Å². The molecule has 2 N–H and O–H groups in total. The highest BCUT2D eigenvalue weighted by molar-refractivity contribution is 5.73. The van der Waals surface area contributed by atoms with Crippen LogP contribution in [0.1, 0.15) is 38.1 Å². The summed E-state index contributed by atoms with van der Waals surface area (Å²) in [5.74, 6) is 2.17. The minimum atomic E-state index is 0.654. The monoisotopic (exact) mass is 260 g/mol. The molecule has 2 rings (SSSR count). The second kappa shape index (κ2) is 6.20. The number of fused-ring (bicyclic) bond motifs is 1. The Kier molecular flexibility index (Phi) is 4.59. The first-order valence-corrected chi connectivity index (χ1v) is 7.16. The Morgan fingerprint density at radius 3 is 2.74 bits per heavy atom. The van der Waals surface area contributed by atoms with Crippen LogP contribution in [0.25, 0.3) is 11.1 Å². The topological polar surface area (TPSA) is 52.0 Å². The number of hydrogen-bond donors (Lipinski definition) is 1. The van der Waals surface area contributed by atoms with Crippen LogP contribution >= 0.6 is 0 Å². The molecule has 1 aromatic heterocycles. The van der Waals surface area contributed by atoms with Gasteiger partial charge < -0.3 is 10.2 Å². The van der Waals surface area contributed by atoms with Crippen LogP contribution in [0.5, 0.6) is 0 Å². The third-order valence-corrected chi connectivity index (χ3v) is 3.80. The zero-order valence-corrected chi connectivity index (χ0v) is 12.1. The molecule has 0 aliphatic carbocycles. The van der Waals surface area contributed by atoms with E-state index in [1.807, 2.05) is 6.07 Å². The van der Waals surface area contributed by atoms with Crippen molar-refractivity contribution in [1.82, 2.24) is 4.98 Å². The van der Waals surface area contributed by atoms with Gasteiger partial charge in [0, 0.05) is 6.42 Å². The quantitative estimate of drug-likeness (QED) is 0.861. The number of hydrogen-bond acceptors (Lipinski definition) is 3. The Bertz CT molecular complexity index is 531. The Labute approximate surface area is 115 Å². The number of nitrogens with zero attached hydrogens (tertiary/aromatic N) is 1. The Balaban J connectivity index is 2.04. The minimum Gasteiger partial charge on any atom is -0.441 e. The highest BCUT2D eigenvalue weighted by Gasteiger charge is 2.14. The summed E-state index contributed by atoms with van der Waals surface area (Å²) in [5.41, 5.74) is 8.75. The number of aryl methyl sites for hydroxylation is 2. The van der Waals surface area contributed by atoms with Gasteiger partial charge in [0.25, 0.3) is 0 Å². The van der Waals surface area contributed by atoms with Crippen molar-refractivity contribution in [2.24, 2.45) is 17.6 Å². The van der Waals surface area contributed by atoms with Gasteiger partial charge in [0.1, 0.15) is 5.52 Å². The van der Waals surface area contributed by atoms with Crippen molar-refractivity contribution in [1.29, 1.82) is 0 Å². The van der Waals surface area contributed by atoms with Crippen molar-refractivity contribution in [3.05, 3.63) is 29.7 Å². The summed E-state index contributed by atoms with van der Waals surface area (Å²) in [6, 6.07) is 6.13. The van der Waals surface area contributed by atoms with Gasteiger partial charge in [-0.1, -0.05) is 19.9 Å². The van der Waals surface area contributed by atoms with Crippen LogP contribution < -0.4 is 5.73 Å². The molecule has 0 bridgehead atoms. The van der Waals surface area contributed by atoms with Gasteiger partial charge in [-0.25, -0.2) is 4.98 Å². The van der Waals surface area contributed by atoms with Crippen LogP contribution in [0, 0.1) is 18.8 Å². The molecular formula is C16H24N2O. The molecule has 3 heteroatoms. The summed E-state index contributed by atoms with van der Waals surface area (Å²) < 4.78 is 5.79. The fourth-order valence-corrected chi connectivity index (χ4v) is 2.53. The molecule has 3 nitrogen and oxygen atoms in total. The van der Waals surface area contributed by atoms with E-state index in [1.165, 1.54) is 5.56 Å². The van der Waals surface area contributed by atoms with Gasteiger partial charge >= 0.3 is 0 Å². The first kappa shape index (κ1) is 14.1. The SMILES string of the molecule is Cc1ccc2oc(CCC(CCN)C(C)C)nc2c1. The summed E-state index contributed by atoms with van der Waals surface area (Å²) in [6.07, 6.45) is 3.08. The number of aromatic nitrogens is 1. The van der Waals surface area contributed by atoms with E-state index in [-0.39, 0.29) is 0 Å². The molecule has 1 unspecified atom stereocenters. The van der Waals surface area contributed by atoms with E-state index in [0.717, 1.165) is 42.8 Å². The van der Waals surface area contributed by atoms with Crippen molar-refractivity contribution in [2.45, 2.75) is 40.0 Å². The van der Waals surface area contributed by atoms with E-state index >= 15 is 0 Å². The molecule has 0 saturated heterocycles. The molecule has 104 valence electrons. The molecule has 0 aliphatic heterocycles. The third kappa shape index (κ3) is 3.57. The summed E-state index contributed by atoms with van der Waals surface area (Å²) in [7, 11) is 0. The third-order valence-electron chi connectivity index (χ3n) is 3.80. The first-order valence-electron chi connectivity index (χ1n) is 7.16. The number of nitrogens with two attached hydrogens (primary N) is 1. The van der Waals surface area contributed by atoms with E-state index in [4.69, 9.17) is 10.2 Å². The summed E-state index contributed by atoms with van der Waals surface area (Å²) >= 11 is 0.